The number of thiophene rings is 1. The first-order chi connectivity index (χ1) is 13.6. The average molecular weight is 415 g/mol. The van der Waals surface area contributed by atoms with Gasteiger partial charge in [0.05, 0.1) is 18.9 Å². The van der Waals surface area contributed by atoms with Crippen molar-refractivity contribution in [3.05, 3.63) is 59.3 Å². The first-order valence-electron chi connectivity index (χ1n) is 8.76. The Morgan fingerprint density at radius 3 is 2.79 bits per heavy atom. The second-order valence-electron chi connectivity index (χ2n) is 6.03. The number of amides is 1. The molecule has 1 amide bonds. The predicted molar refractivity (Wildman–Crippen MR) is 114 cm³/mol. The predicted octanol–water partition coefficient (Wildman–Crippen LogP) is 4.17. The number of allylic oxidation sites excluding steroid dienone is 1. The molecule has 2 heterocycles. The summed E-state index contributed by atoms with van der Waals surface area (Å²) >= 11 is 3.00. The van der Waals surface area contributed by atoms with Gasteiger partial charge in [-0.15, -0.1) is 28.1 Å². The van der Waals surface area contributed by atoms with Crippen molar-refractivity contribution in [2.45, 2.75) is 24.7 Å². The molecule has 2 aromatic heterocycles. The number of ether oxygens (including phenoxy) is 1. The lowest BCUT2D eigenvalue weighted by atomic mass is 10.2. The van der Waals surface area contributed by atoms with Gasteiger partial charge < -0.3 is 10.1 Å². The number of nitrogens with zero attached hydrogens (tertiary/aromatic N) is 3. The molecule has 1 aromatic carbocycles. The Kier molecular flexibility index (Phi) is 6.89. The number of thioether (sulfide) groups is 1. The van der Waals surface area contributed by atoms with Crippen molar-refractivity contribution in [1.29, 1.82) is 0 Å². The lowest BCUT2D eigenvalue weighted by molar-refractivity contribution is -0.119. The Bertz CT molecular complexity index is 920. The van der Waals surface area contributed by atoms with Gasteiger partial charge in [0.25, 0.3) is 0 Å². The number of hydrogen-bond acceptors (Lipinski definition) is 6. The van der Waals surface area contributed by atoms with Crippen molar-refractivity contribution in [3.63, 3.8) is 0 Å². The molecular formula is C20H22N4O2S2. The van der Waals surface area contributed by atoms with E-state index in [9.17, 15) is 4.79 Å². The van der Waals surface area contributed by atoms with E-state index < -0.39 is 0 Å². The van der Waals surface area contributed by atoms with Crippen LogP contribution in [0.4, 0.5) is 0 Å². The molecule has 0 bridgehead atoms. The maximum atomic E-state index is 12.3. The summed E-state index contributed by atoms with van der Waals surface area (Å²) in [6.45, 7) is 6.36. The molecule has 3 aromatic rings. The summed E-state index contributed by atoms with van der Waals surface area (Å²) in [5.41, 5.74) is 0.928. The first kappa shape index (κ1) is 20.2. The molecule has 0 aliphatic heterocycles. The second kappa shape index (κ2) is 9.57. The van der Waals surface area contributed by atoms with Gasteiger partial charge in [0, 0.05) is 17.0 Å². The van der Waals surface area contributed by atoms with Crippen LogP contribution in [0.1, 0.15) is 17.8 Å². The number of methoxy groups -OCH3 is 1. The van der Waals surface area contributed by atoms with Crippen LogP contribution in [0.25, 0.3) is 11.4 Å². The van der Waals surface area contributed by atoms with E-state index in [1.165, 1.54) is 11.8 Å². The average Bonchev–Trinajstić information content (AvgIpc) is 3.37. The minimum atomic E-state index is -0.0370. The fourth-order valence-corrected chi connectivity index (χ4v) is 4.16. The highest BCUT2D eigenvalue weighted by molar-refractivity contribution is 7.99. The van der Waals surface area contributed by atoms with E-state index >= 15 is 0 Å². The van der Waals surface area contributed by atoms with Gasteiger partial charge in [-0.3, -0.25) is 9.36 Å². The van der Waals surface area contributed by atoms with Gasteiger partial charge in [-0.1, -0.05) is 23.9 Å². The fourth-order valence-electron chi connectivity index (χ4n) is 2.66. The smallest absolute Gasteiger partial charge is 0.230 e. The van der Waals surface area contributed by atoms with E-state index in [1.54, 1.807) is 24.5 Å². The molecule has 0 unspecified atom stereocenters. The monoisotopic (exact) mass is 414 g/mol. The van der Waals surface area contributed by atoms with Crippen molar-refractivity contribution in [2.24, 2.45) is 0 Å². The van der Waals surface area contributed by atoms with E-state index in [0.29, 0.717) is 11.7 Å². The Morgan fingerprint density at radius 1 is 1.36 bits per heavy atom. The maximum absolute atomic E-state index is 12.3. The summed E-state index contributed by atoms with van der Waals surface area (Å²) in [5, 5.41) is 14.3. The van der Waals surface area contributed by atoms with Crippen LogP contribution < -0.4 is 10.1 Å². The third-order valence-electron chi connectivity index (χ3n) is 4.06. The van der Waals surface area contributed by atoms with Crippen molar-refractivity contribution >= 4 is 29.0 Å². The molecule has 1 N–H and O–H groups in total. The topological polar surface area (TPSA) is 69.0 Å². The van der Waals surface area contributed by atoms with Gasteiger partial charge in [-0.25, -0.2) is 0 Å². The van der Waals surface area contributed by atoms with E-state index in [-0.39, 0.29) is 17.7 Å². The zero-order valence-electron chi connectivity index (χ0n) is 15.8. The summed E-state index contributed by atoms with van der Waals surface area (Å²) in [5.74, 6) is 1.75. The summed E-state index contributed by atoms with van der Waals surface area (Å²) in [4.78, 5) is 13.5. The molecule has 0 spiro atoms. The molecular weight excluding hydrogens is 392 g/mol. The first-order valence-corrected chi connectivity index (χ1v) is 10.6. The van der Waals surface area contributed by atoms with Gasteiger partial charge >= 0.3 is 0 Å². The molecule has 0 saturated heterocycles. The number of hydrogen-bond donors (Lipinski definition) is 1. The fraction of sp³-hybridized carbons (Fsp3) is 0.250. The molecule has 146 valence electrons. The van der Waals surface area contributed by atoms with Crippen molar-refractivity contribution in [2.75, 3.05) is 12.9 Å². The van der Waals surface area contributed by atoms with Crippen LogP contribution in [0, 0.1) is 0 Å². The summed E-state index contributed by atoms with van der Waals surface area (Å²) < 4.78 is 7.16. The Hall–Kier alpha value is -2.58. The lowest BCUT2D eigenvalue weighted by Gasteiger charge is -2.12. The molecule has 0 saturated carbocycles. The number of benzene rings is 1. The summed E-state index contributed by atoms with van der Waals surface area (Å²) in [6, 6.07) is 11.6. The minimum Gasteiger partial charge on any atom is -0.497 e. The quantitative estimate of drug-likeness (QED) is 0.420. The van der Waals surface area contributed by atoms with E-state index in [0.717, 1.165) is 22.0 Å². The van der Waals surface area contributed by atoms with Crippen LogP contribution in [-0.4, -0.2) is 33.5 Å². The molecule has 8 heteroatoms. The van der Waals surface area contributed by atoms with E-state index in [4.69, 9.17) is 4.74 Å². The molecule has 0 aliphatic rings. The van der Waals surface area contributed by atoms with Gasteiger partial charge in [0.1, 0.15) is 5.75 Å². The molecule has 6 nitrogen and oxygen atoms in total. The SMILES string of the molecule is C=CCn1c(SCC(=O)N[C@H](C)c2cccs2)nnc1-c1ccc(OC)cc1. The normalized spacial score (nSPS) is 11.8. The molecule has 0 fully saturated rings. The molecule has 0 radical (unpaired) electrons. The van der Waals surface area contributed by atoms with Gasteiger partial charge in [0.2, 0.25) is 5.91 Å². The van der Waals surface area contributed by atoms with E-state index in [1.807, 2.05) is 53.3 Å². The number of carbonyl (C=O) groups excluding carboxylic acids is 1. The van der Waals surface area contributed by atoms with Crippen LogP contribution in [0.3, 0.4) is 0 Å². The van der Waals surface area contributed by atoms with Gasteiger partial charge in [-0.2, -0.15) is 0 Å². The molecule has 1 atom stereocenters. The third-order valence-corrected chi connectivity index (χ3v) is 6.08. The highest BCUT2D eigenvalue weighted by Crippen LogP contribution is 2.26. The Labute approximate surface area is 172 Å². The zero-order chi connectivity index (χ0) is 19.9. The van der Waals surface area contributed by atoms with Crippen LogP contribution >= 0.6 is 23.1 Å². The van der Waals surface area contributed by atoms with Crippen molar-refractivity contribution < 1.29 is 9.53 Å². The maximum Gasteiger partial charge on any atom is 0.230 e. The van der Waals surface area contributed by atoms with Crippen LogP contribution in [0.5, 0.6) is 5.75 Å². The summed E-state index contributed by atoms with van der Waals surface area (Å²) in [6.07, 6.45) is 1.79. The zero-order valence-corrected chi connectivity index (χ0v) is 17.4. The highest BCUT2D eigenvalue weighted by Gasteiger charge is 2.16. The number of aromatic nitrogens is 3. The largest absolute Gasteiger partial charge is 0.497 e. The van der Waals surface area contributed by atoms with Crippen LogP contribution in [-0.2, 0) is 11.3 Å². The van der Waals surface area contributed by atoms with Crippen molar-refractivity contribution in [1.82, 2.24) is 20.1 Å². The highest BCUT2D eigenvalue weighted by atomic mass is 32.2. The minimum absolute atomic E-state index is 0.00555. The molecule has 0 aliphatic carbocycles. The second-order valence-corrected chi connectivity index (χ2v) is 7.95. The number of nitrogens with one attached hydrogen (secondary N) is 1. The number of rotatable bonds is 9. The third kappa shape index (κ3) is 4.82. The van der Waals surface area contributed by atoms with Crippen LogP contribution in [0.2, 0.25) is 0 Å². The van der Waals surface area contributed by atoms with E-state index in [2.05, 4.69) is 22.1 Å². The van der Waals surface area contributed by atoms with Crippen molar-refractivity contribution in [3.8, 4) is 17.1 Å². The standard InChI is InChI=1S/C20H22N4O2S2/c1-4-11-24-19(15-7-9-16(26-3)10-8-15)22-23-20(24)28-13-18(25)21-14(2)17-6-5-12-27-17/h4-10,12,14H,1,11,13H2,2-3H3,(H,21,25)/t14-/m1/s1. The molecule has 3 rings (SSSR count). The van der Waals surface area contributed by atoms with Gasteiger partial charge in [-0.05, 0) is 42.6 Å². The van der Waals surface area contributed by atoms with Crippen LogP contribution in [0.15, 0.2) is 59.6 Å². The Morgan fingerprint density at radius 2 is 2.14 bits per heavy atom. The lowest BCUT2D eigenvalue weighted by Crippen LogP contribution is -2.27. The summed E-state index contributed by atoms with van der Waals surface area (Å²) in [7, 11) is 1.63. The molecule has 28 heavy (non-hydrogen) atoms. The Balaban J connectivity index is 1.68. The number of carbonyl (C=O) groups is 1. The van der Waals surface area contributed by atoms with Gasteiger partial charge in [0.15, 0.2) is 11.0 Å².